The second-order valence-corrected chi connectivity index (χ2v) is 4.23. The standard InChI is InChI=1S/C13H17N5/c1-4-11-8(2)17-18(9(11)3)12-7-10(13(14)15)5-6-16-12/h5-7H,4H2,1-3H3,(H3,14,15). The lowest BCUT2D eigenvalue weighted by Crippen LogP contribution is -2.12. The van der Waals surface area contributed by atoms with Gasteiger partial charge in [0.15, 0.2) is 5.82 Å². The number of hydrogen-bond donors (Lipinski definition) is 2. The fraction of sp³-hybridized carbons (Fsp3) is 0.308. The molecular formula is C13H17N5. The molecule has 5 nitrogen and oxygen atoms in total. The molecular weight excluding hydrogens is 226 g/mol. The number of nitrogens with two attached hydrogens (primary N) is 1. The van der Waals surface area contributed by atoms with Gasteiger partial charge in [0.25, 0.3) is 0 Å². The first kappa shape index (κ1) is 12.3. The molecule has 0 saturated heterocycles. The fourth-order valence-electron chi connectivity index (χ4n) is 2.11. The zero-order valence-electron chi connectivity index (χ0n) is 10.9. The minimum atomic E-state index is 0.0379. The first-order valence-electron chi connectivity index (χ1n) is 5.90. The topological polar surface area (TPSA) is 80.6 Å². The number of nitrogens with zero attached hydrogens (tertiary/aromatic N) is 3. The highest BCUT2D eigenvalue weighted by molar-refractivity contribution is 5.95. The molecule has 0 aliphatic carbocycles. The molecule has 0 bridgehead atoms. The van der Waals surface area contributed by atoms with Crippen molar-refractivity contribution in [3.05, 3.63) is 40.8 Å². The number of aryl methyl sites for hydroxylation is 1. The van der Waals surface area contributed by atoms with Gasteiger partial charge in [-0.25, -0.2) is 9.67 Å². The highest BCUT2D eigenvalue weighted by Gasteiger charge is 2.12. The molecule has 0 aliphatic rings. The molecule has 3 N–H and O–H groups in total. The third-order valence-electron chi connectivity index (χ3n) is 3.07. The van der Waals surface area contributed by atoms with Gasteiger partial charge in [-0.15, -0.1) is 0 Å². The molecule has 0 fully saturated rings. The van der Waals surface area contributed by atoms with Gasteiger partial charge in [-0.1, -0.05) is 6.92 Å². The Balaban J connectivity index is 2.55. The third-order valence-corrected chi connectivity index (χ3v) is 3.07. The van der Waals surface area contributed by atoms with Crippen molar-refractivity contribution < 1.29 is 0 Å². The second kappa shape index (κ2) is 4.60. The first-order valence-corrected chi connectivity index (χ1v) is 5.90. The molecule has 0 atom stereocenters. The fourth-order valence-corrected chi connectivity index (χ4v) is 2.11. The van der Waals surface area contributed by atoms with Crippen LogP contribution in [0.2, 0.25) is 0 Å². The lowest BCUT2D eigenvalue weighted by molar-refractivity contribution is 0.804. The van der Waals surface area contributed by atoms with Gasteiger partial charge in [-0.05, 0) is 38.0 Å². The van der Waals surface area contributed by atoms with Crippen LogP contribution in [-0.2, 0) is 6.42 Å². The molecule has 0 radical (unpaired) electrons. The van der Waals surface area contributed by atoms with Gasteiger partial charge in [0.2, 0.25) is 0 Å². The SMILES string of the molecule is CCc1c(C)nn(-c2cc(C(=N)N)ccn2)c1C. The Labute approximate surface area is 106 Å². The average Bonchev–Trinajstić information content (AvgIpc) is 2.64. The van der Waals surface area contributed by atoms with Crippen molar-refractivity contribution in [1.29, 1.82) is 5.41 Å². The Morgan fingerprint density at radius 3 is 2.72 bits per heavy atom. The zero-order chi connectivity index (χ0) is 13.3. The Kier molecular flexibility index (Phi) is 3.14. The molecule has 0 aliphatic heterocycles. The summed E-state index contributed by atoms with van der Waals surface area (Å²) in [6.07, 6.45) is 2.60. The van der Waals surface area contributed by atoms with E-state index in [9.17, 15) is 0 Å². The summed E-state index contributed by atoms with van der Waals surface area (Å²) in [5, 5.41) is 11.9. The van der Waals surface area contributed by atoms with Crippen molar-refractivity contribution in [3.63, 3.8) is 0 Å². The summed E-state index contributed by atoms with van der Waals surface area (Å²) >= 11 is 0. The van der Waals surface area contributed by atoms with Crippen LogP contribution in [0.15, 0.2) is 18.3 Å². The largest absolute Gasteiger partial charge is 0.384 e. The number of rotatable bonds is 3. The molecule has 5 heteroatoms. The molecule has 2 aromatic rings. The Hall–Kier alpha value is -2.17. The van der Waals surface area contributed by atoms with Crippen molar-refractivity contribution in [2.24, 2.45) is 5.73 Å². The maximum Gasteiger partial charge on any atom is 0.154 e. The lowest BCUT2D eigenvalue weighted by Gasteiger charge is -2.05. The minimum Gasteiger partial charge on any atom is -0.384 e. The van der Waals surface area contributed by atoms with Gasteiger partial charge >= 0.3 is 0 Å². The summed E-state index contributed by atoms with van der Waals surface area (Å²) in [7, 11) is 0. The maximum absolute atomic E-state index is 7.45. The Bertz CT molecular complexity index is 597. The molecule has 18 heavy (non-hydrogen) atoms. The maximum atomic E-state index is 7.45. The number of nitrogen functional groups attached to an aromatic ring is 1. The summed E-state index contributed by atoms with van der Waals surface area (Å²) in [4.78, 5) is 4.29. The third kappa shape index (κ3) is 1.99. The quantitative estimate of drug-likeness (QED) is 0.636. The molecule has 0 aromatic carbocycles. The minimum absolute atomic E-state index is 0.0379. The van der Waals surface area contributed by atoms with Gasteiger partial charge < -0.3 is 5.73 Å². The van der Waals surface area contributed by atoms with Crippen LogP contribution in [0.1, 0.15) is 29.4 Å². The zero-order valence-corrected chi connectivity index (χ0v) is 10.9. The predicted octanol–water partition coefficient (Wildman–Crippen LogP) is 1.73. The lowest BCUT2D eigenvalue weighted by atomic mass is 10.1. The molecule has 0 saturated carbocycles. The molecule has 94 valence electrons. The van der Waals surface area contributed by atoms with Crippen LogP contribution in [0.4, 0.5) is 0 Å². The first-order chi connectivity index (χ1) is 8.54. The molecule has 0 unspecified atom stereocenters. The van der Waals surface area contributed by atoms with Crippen molar-refractivity contribution in [2.45, 2.75) is 27.2 Å². The van der Waals surface area contributed by atoms with Gasteiger partial charge in [-0.3, -0.25) is 5.41 Å². The summed E-state index contributed by atoms with van der Waals surface area (Å²) in [5.74, 6) is 0.735. The second-order valence-electron chi connectivity index (χ2n) is 4.23. The van der Waals surface area contributed by atoms with E-state index >= 15 is 0 Å². The molecule has 2 heterocycles. The van der Waals surface area contributed by atoms with Crippen LogP contribution < -0.4 is 5.73 Å². The van der Waals surface area contributed by atoms with E-state index in [4.69, 9.17) is 11.1 Å². The highest BCUT2D eigenvalue weighted by atomic mass is 15.3. The monoisotopic (exact) mass is 243 g/mol. The van der Waals surface area contributed by atoms with Crippen molar-refractivity contribution >= 4 is 5.84 Å². The van der Waals surface area contributed by atoms with E-state index in [0.717, 1.165) is 17.8 Å². The van der Waals surface area contributed by atoms with Gasteiger partial charge in [-0.2, -0.15) is 5.10 Å². The van der Waals surface area contributed by atoms with Crippen LogP contribution in [-0.4, -0.2) is 20.6 Å². The predicted molar refractivity (Wildman–Crippen MR) is 71.2 cm³/mol. The smallest absolute Gasteiger partial charge is 0.154 e. The van der Waals surface area contributed by atoms with Gasteiger partial charge in [0.05, 0.1) is 5.69 Å². The summed E-state index contributed by atoms with van der Waals surface area (Å²) in [6, 6.07) is 3.50. The van der Waals surface area contributed by atoms with E-state index in [-0.39, 0.29) is 5.84 Å². The van der Waals surface area contributed by atoms with Crippen LogP contribution >= 0.6 is 0 Å². The van der Waals surface area contributed by atoms with Crippen molar-refractivity contribution in [1.82, 2.24) is 14.8 Å². The normalized spacial score (nSPS) is 10.6. The Morgan fingerprint density at radius 2 is 2.17 bits per heavy atom. The number of aromatic nitrogens is 3. The van der Waals surface area contributed by atoms with E-state index in [1.54, 1.807) is 23.0 Å². The molecule has 2 rings (SSSR count). The van der Waals surface area contributed by atoms with E-state index < -0.39 is 0 Å². The molecule has 0 amide bonds. The van der Waals surface area contributed by atoms with E-state index in [0.29, 0.717) is 11.4 Å². The highest BCUT2D eigenvalue weighted by Crippen LogP contribution is 2.17. The Morgan fingerprint density at radius 1 is 1.44 bits per heavy atom. The number of nitrogens with one attached hydrogen (secondary N) is 1. The van der Waals surface area contributed by atoms with Crippen molar-refractivity contribution in [2.75, 3.05) is 0 Å². The van der Waals surface area contributed by atoms with Crippen LogP contribution in [0, 0.1) is 19.3 Å². The molecule has 0 spiro atoms. The summed E-state index contributed by atoms with van der Waals surface area (Å²) in [5.41, 5.74) is 9.49. The van der Waals surface area contributed by atoms with Crippen LogP contribution in [0.3, 0.4) is 0 Å². The van der Waals surface area contributed by atoms with Crippen molar-refractivity contribution in [3.8, 4) is 5.82 Å². The van der Waals surface area contributed by atoms with E-state index in [1.807, 2.05) is 13.8 Å². The van der Waals surface area contributed by atoms with Crippen LogP contribution in [0.5, 0.6) is 0 Å². The average molecular weight is 243 g/mol. The van der Waals surface area contributed by atoms with Gasteiger partial charge in [0.1, 0.15) is 5.84 Å². The summed E-state index contributed by atoms with van der Waals surface area (Å²) < 4.78 is 1.81. The number of amidine groups is 1. The van der Waals surface area contributed by atoms with E-state index in [1.165, 1.54) is 5.56 Å². The number of hydrogen-bond acceptors (Lipinski definition) is 3. The number of pyridine rings is 1. The van der Waals surface area contributed by atoms with E-state index in [2.05, 4.69) is 17.0 Å². The van der Waals surface area contributed by atoms with Gasteiger partial charge in [0, 0.05) is 17.5 Å². The summed E-state index contributed by atoms with van der Waals surface area (Å²) in [6.45, 7) is 6.14. The molecule has 2 aromatic heterocycles. The van der Waals surface area contributed by atoms with Crippen LogP contribution in [0.25, 0.3) is 5.82 Å².